The van der Waals surface area contributed by atoms with Crippen molar-refractivity contribution < 1.29 is 4.74 Å². The molecule has 0 saturated carbocycles. The lowest BCUT2D eigenvalue weighted by molar-refractivity contribution is 0.221. The van der Waals surface area contributed by atoms with Crippen LogP contribution in [0, 0.1) is 12.1 Å². The molecule has 2 rings (SSSR count). The monoisotopic (exact) mass is 210 g/mol. The van der Waals surface area contributed by atoms with Crippen LogP contribution in [-0.2, 0) is 6.42 Å². The summed E-state index contributed by atoms with van der Waals surface area (Å²) in [7, 11) is 0. The van der Waals surface area contributed by atoms with E-state index in [0.29, 0.717) is 0 Å². The van der Waals surface area contributed by atoms with E-state index in [1.54, 1.807) is 0 Å². The average Bonchev–Trinajstić information content (AvgIpc) is 2.31. The summed E-state index contributed by atoms with van der Waals surface area (Å²) in [6.45, 7) is 2.06. The number of rotatable bonds is 4. The molecule has 0 saturated heterocycles. The predicted molar refractivity (Wildman–Crippen MR) is 64.4 cm³/mol. The molecule has 0 aliphatic heterocycles. The number of benzene rings is 2. The van der Waals surface area contributed by atoms with Gasteiger partial charge in [-0.25, -0.2) is 0 Å². The molecule has 0 heterocycles. The Morgan fingerprint density at radius 3 is 2.44 bits per heavy atom. The van der Waals surface area contributed by atoms with Crippen LogP contribution in [0.15, 0.2) is 48.5 Å². The Morgan fingerprint density at radius 2 is 1.81 bits per heavy atom. The van der Waals surface area contributed by atoms with E-state index >= 15 is 0 Å². The zero-order chi connectivity index (χ0) is 11.2. The Hall–Kier alpha value is -1.76. The van der Waals surface area contributed by atoms with Gasteiger partial charge in [-0.15, -0.1) is 0 Å². The molecule has 1 unspecified atom stereocenters. The Morgan fingerprint density at radius 1 is 1.06 bits per heavy atom. The van der Waals surface area contributed by atoms with E-state index in [-0.39, 0.29) is 6.10 Å². The van der Waals surface area contributed by atoms with E-state index in [0.717, 1.165) is 12.2 Å². The van der Waals surface area contributed by atoms with E-state index < -0.39 is 0 Å². The molecule has 0 aromatic heterocycles. The minimum Gasteiger partial charge on any atom is -0.490 e. The lowest BCUT2D eigenvalue weighted by Gasteiger charge is -2.14. The van der Waals surface area contributed by atoms with Crippen LogP contribution in [0.1, 0.15) is 12.5 Å². The lowest BCUT2D eigenvalue weighted by atomic mass is 10.1. The van der Waals surface area contributed by atoms with Crippen LogP contribution in [0.5, 0.6) is 5.75 Å². The maximum atomic E-state index is 5.74. The fourth-order valence-electron chi connectivity index (χ4n) is 1.58. The van der Waals surface area contributed by atoms with Gasteiger partial charge < -0.3 is 4.74 Å². The number of para-hydroxylation sites is 1. The summed E-state index contributed by atoms with van der Waals surface area (Å²) in [6, 6.07) is 21.9. The second kappa shape index (κ2) is 5.36. The van der Waals surface area contributed by atoms with Gasteiger partial charge in [0.2, 0.25) is 0 Å². The van der Waals surface area contributed by atoms with Crippen molar-refractivity contribution in [3.63, 3.8) is 0 Å². The molecule has 0 spiro atoms. The fourth-order valence-corrected chi connectivity index (χ4v) is 1.58. The highest BCUT2D eigenvalue weighted by molar-refractivity contribution is 5.20. The molecule has 2 aromatic rings. The standard InChI is InChI=1S/C15H14O/c1-13(12-14-8-4-2-5-9-14)16-15-10-6-3-7-11-15/h2-8,10,13H,12H2,1H3. The van der Waals surface area contributed by atoms with Crippen LogP contribution in [0.3, 0.4) is 0 Å². The van der Waals surface area contributed by atoms with Crippen LogP contribution in [0.2, 0.25) is 0 Å². The van der Waals surface area contributed by atoms with Gasteiger partial charge in [-0.3, -0.25) is 0 Å². The molecule has 2 aromatic carbocycles. The summed E-state index contributed by atoms with van der Waals surface area (Å²) >= 11 is 0. The highest BCUT2D eigenvalue weighted by Crippen LogP contribution is 2.12. The van der Waals surface area contributed by atoms with Gasteiger partial charge in [0.25, 0.3) is 0 Å². The average molecular weight is 210 g/mol. The van der Waals surface area contributed by atoms with E-state index in [1.165, 1.54) is 5.56 Å². The van der Waals surface area contributed by atoms with Gasteiger partial charge >= 0.3 is 0 Å². The third kappa shape index (κ3) is 3.13. The fraction of sp³-hybridized carbons (Fsp3) is 0.200. The second-order valence-corrected chi connectivity index (χ2v) is 3.75. The summed E-state index contributed by atoms with van der Waals surface area (Å²) in [6.07, 6.45) is 1.00. The second-order valence-electron chi connectivity index (χ2n) is 3.75. The quantitative estimate of drug-likeness (QED) is 0.752. The van der Waals surface area contributed by atoms with Crippen molar-refractivity contribution >= 4 is 0 Å². The summed E-state index contributed by atoms with van der Waals surface area (Å²) in [5, 5.41) is 0. The maximum Gasteiger partial charge on any atom is 0.127 e. The van der Waals surface area contributed by atoms with Gasteiger partial charge in [-0.2, -0.15) is 0 Å². The van der Waals surface area contributed by atoms with Crippen LogP contribution >= 0.6 is 0 Å². The maximum absolute atomic E-state index is 5.74. The molecule has 80 valence electrons. The molecule has 0 N–H and O–H groups in total. The van der Waals surface area contributed by atoms with Crippen molar-refractivity contribution in [3.05, 3.63) is 66.2 Å². The van der Waals surface area contributed by atoms with Crippen LogP contribution in [0.4, 0.5) is 0 Å². The molecular formula is C15H14O. The Bertz CT molecular complexity index is 366. The molecule has 0 bridgehead atoms. The third-order valence-corrected chi connectivity index (χ3v) is 2.29. The zero-order valence-electron chi connectivity index (χ0n) is 9.31. The van der Waals surface area contributed by atoms with E-state index in [1.807, 2.05) is 42.5 Å². The molecule has 0 amide bonds. The SMILES string of the molecule is CC(Cc1[c]cccc1)Oc1[c]cccc1. The molecule has 1 atom stereocenters. The van der Waals surface area contributed by atoms with Crippen LogP contribution < -0.4 is 4.74 Å². The number of ether oxygens (including phenoxy) is 1. The van der Waals surface area contributed by atoms with Crippen molar-refractivity contribution in [3.8, 4) is 5.75 Å². The van der Waals surface area contributed by atoms with E-state index in [4.69, 9.17) is 4.74 Å². The molecule has 0 aliphatic rings. The number of hydrogen-bond acceptors (Lipinski definition) is 1. The Balaban J connectivity index is 1.92. The largest absolute Gasteiger partial charge is 0.490 e. The normalized spacial score (nSPS) is 12.1. The smallest absolute Gasteiger partial charge is 0.127 e. The summed E-state index contributed by atoms with van der Waals surface area (Å²) in [5.74, 6) is 0.797. The first-order valence-electron chi connectivity index (χ1n) is 5.43. The number of hydrogen-bond donors (Lipinski definition) is 0. The molecule has 2 radical (unpaired) electrons. The van der Waals surface area contributed by atoms with Gasteiger partial charge in [-0.05, 0) is 24.6 Å². The highest BCUT2D eigenvalue weighted by atomic mass is 16.5. The first-order valence-corrected chi connectivity index (χ1v) is 5.43. The molecule has 0 aliphatic carbocycles. The van der Waals surface area contributed by atoms with Crippen molar-refractivity contribution in [2.75, 3.05) is 0 Å². The highest BCUT2D eigenvalue weighted by Gasteiger charge is 2.04. The van der Waals surface area contributed by atoms with E-state index in [9.17, 15) is 0 Å². The van der Waals surface area contributed by atoms with Crippen molar-refractivity contribution in [2.45, 2.75) is 19.4 Å². The van der Waals surface area contributed by atoms with Crippen molar-refractivity contribution in [1.82, 2.24) is 0 Å². The van der Waals surface area contributed by atoms with Gasteiger partial charge in [-0.1, -0.05) is 42.5 Å². The first kappa shape index (κ1) is 10.7. The summed E-state index contributed by atoms with van der Waals surface area (Å²) < 4.78 is 5.74. The van der Waals surface area contributed by atoms with Gasteiger partial charge in [0.05, 0.1) is 6.10 Å². The Kier molecular flexibility index (Phi) is 3.60. The van der Waals surface area contributed by atoms with E-state index in [2.05, 4.69) is 25.1 Å². The lowest BCUT2D eigenvalue weighted by Crippen LogP contribution is -2.14. The molecule has 1 heteroatoms. The van der Waals surface area contributed by atoms with Crippen molar-refractivity contribution in [1.29, 1.82) is 0 Å². The predicted octanol–water partition coefficient (Wildman–Crippen LogP) is 3.30. The molecule has 1 nitrogen and oxygen atoms in total. The third-order valence-electron chi connectivity index (χ3n) is 2.29. The Labute approximate surface area is 96.7 Å². The first-order chi connectivity index (χ1) is 7.84. The minimum absolute atomic E-state index is 0.136. The van der Waals surface area contributed by atoms with Gasteiger partial charge in [0.15, 0.2) is 0 Å². The van der Waals surface area contributed by atoms with Crippen LogP contribution in [-0.4, -0.2) is 6.10 Å². The van der Waals surface area contributed by atoms with Gasteiger partial charge in [0.1, 0.15) is 5.75 Å². The molecular weight excluding hydrogens is 196 g/mol. The van der Waals surface area contributed by atoms with Crippen LogP contribution in [0.25, 0.3) is 0 Å². The summed E-state index contributed by atoms with van der Waals surface area (Å²) in [5.41, 5.74) is 1.17. The topological polar surface area (TPSA) is 9.23 Å². The zero-order valence-corrected chi connectivity index (χ0v) is 9.31. The minimum atomic E-state index is 0.136. The molecule has 16 heavy (non-hydrogen) atoms. The van der Waals surface area contributed by atoms with Gasteiger partial charge in [0, 0.05) is 12.5 Å². The summed E-state index contributed by atoms with van der Waals surface area (Å²) in [4.78, 5) is 0. The molecule has 0 fully saturated rings. The van der Waals surface area contributed by atoms with Crippen molar-refractivity contribution in [2.24, 2.45) is 0 Å².